The molecule has 1 unspecified atom stereocenters. The third-order valence-electron chi connectivity index (χ3n) is 4.04. The predicted octanol–water partition coefficient (Wildman–Crippen LogP) is 3.65. The van der Waals surface area contributed by atoms with E-state index in [1.54, 1.807) is 0 Å². The Bertz CT molecular complexity index is 566. The van der Waals surface area contributed by atoms with Crippen LogP contribution in [0.1, 0.15) is 38.6 Å². The Morgan fingerprint density at radius 2 is 2.14 bits per heavy atom. The highest BCUT2D eigenvalue weighted by atomic mass is 32.1. The summed E-state index contributed by atoms with van der Waals surface area (Å²) in [6.45, 7) is 9.98. The number of likely N-dealkylation sites (tertiary alicyclic amines) is 1. The number of fused-ring (bicyclic) bond motifs is 1. The summed E-state index contributed by atoms with van der Waals surface area (Å²) in [4.78, 5) is 7.37. The molecular weight excluding hydrogens is 278 g/mol. The molecule has 21 heavy (non-hydrogen) atoms. The van der Waals surface area contributed by atoms with Crippen molar-refractivity contribution in [3.05, 3.63) is 29.3 Å². The molecule has 1 aliphatic rings. The van der Waals surface area contributed by atoms with Crippen molar-refractivity contribution in [1.29, 1.82) is 0 Å². The summed E-state index contributed by atoms with van der Waals surface area (Å²) in [6.07, 6.45) is 2.61. The highest BCUT2D eigenvalue weighted by Gasteiger charge is 2.26. The Morgan fingerprint density at radius 3 is 2.90 bits per heavy atom. The average Bonchev–Trinajstić information content (AvgIpc) is 3.01. The second kappa shape index (κ2) is 6.03. The lowest BCUT2D eigenvalue weighted by Gasteiger charge is -2.28. The van der Waals surface area contributed by atoms with E-state index in [1.807, 2.05) is 11.3 Å². The first-order valence-corrected chi connectivity index (χ1v) is 8.66. The molecule has 3 rings (SSSR count). The zero-order valence-corrected chi connectivity index (χ0v) is 14.0. The molecule has 0 bridgehead atoms. The summed E-state index contributed by atoms with van der Waals surface area (Å²) in [7, 11) is 0. The number of benzene rings is 1. The van der Waals surface area contributed by atoms with Crippen LogP contribution in [0.4, 0.5) is 0 Å². The van der Waals surface area contributed by atoms with Gasteiger partial charge in [-0.3, -0.25) is 4.90 Å². The maximum absolute atomic E-state index is 4.78. The molecule has 1 atom stereocenters. The lowest BCUT2D eigenvalue weighted by atomic mass is 10.1. The number of hydrogen-bond acceptors (Lipinski definition) is 4. The summed E-state index contributed by atoms with van der Waals surface area (Å²) < 4.78 is 1.30. The van der Waals surface area contributed by atoms with E-state index < -0.39 is 0 Å². The molecule has 0 radical (unpaired) electrons. The van der Waals surface area contributed by atoms with E-state index in [2.05, 4.69) is 55.3 Å². The summed E-state index contributed by atoms with van der Waals surface area (Å²) in [5, 5.41) is 4.90. The van der Waals surface area contributed by atoms with E-state index in [9.17, 15) is 0 Å². The fraction of sp³-hybridized carbons (Fsp3) is 0.588. The largest absolute Gasteiger partial charge is 0.311 e. The third-order valence-corrected chi connectivity index (χ3v) is 5.06. The van der Waals surface area contributed by atoms with Crippen LogP contribution >= 0.6 is 11.3 Å². The number of thiazole rings is 1. The number of para-hydroxylation sites is 1. The molecule has 1 N–H and O–H groups in total. The van der Waals surface area contributed by atoms with Crippen molar-refractivity contribution in [2.75, 3.05) is 13.1 Å². The lowest BCUT2D eigenvalue weighted by Crippen LogP contribution is -2.44. The molecule has 1 saturated heterocycles. The summed E-state index contributed by atoms with van der Waals surface area (Å²) in [5.74, 6) is 0. The van der Waals surface area contributed by atoms with E-state index in [0.29, 0.717) is 6.04 Å². The van der Waals surface area contributed by atoms with Crippen molar-refractivity contribution in [3.63, 3.8) is 0 Å². The van der Waals surface area contributed by atoms with Gasteiger partial charge in [-0.05, 0) is 52.3 Å². The number of nitrogens with one attached hydrogen (secondary N) is 1. The first kappa shape index (κ1) is 14.9. The van der Waals surface area contributed by atoms with E-state index >= 15 is 0 Å². The van der Waals surface area contributed by atoms with Crippen molar-refractivity contribution in [2.24, 2.45) is 0 Å². The minimum Gasteiger partial charge on any atom is -0.311 e. The maximum atomic E-state index is 4.78. The van der Waals surface area contributed by atoms with Crippen LogP contribution in [0.5, 0.6) is 0 Å². The molecule has 0 amide bonds. The molecule has 0 saturated carbocycles. The Balaban J connectivity index is 1.65. The van der Waals surface area contributed by atoms with Gasteiger partial charge in [0.05, 0.1) is 16.8 Å². The third kappa shape index (κ3) is 3.82. The number of hydrogen-bond donors (Lipinski definition) is 1. The van der Waals surface area contributed by atoms with Crippen LogP contribution in [0, 0.1) is 0 Å². The molecule has 1 fully saturated rings. The van der Waals surface area contributed by atoms with Crippen LogP contribution in [0.2, 0.25) is 0 Å². The van der Waals surface area contributed by atoms with Crippen molar-refractivity contribution < 1.29 is 0 Å². The van der Waals surface area contributed by atoms with E-state index in [-0.39, 0.29) is 5.54 Å². The van der Waals surface area contributed by atoms with Gasteiger partial charge in [0.15, 0.2) is 0 Å². The quantitative estimate of drug-likeness (QED) is 0.934. The average molecular weight is 303 g/mol. The number of rotatable bonds is 4. The Hall–Kier alpha value is -0.970. The van der Waals surface area contributed by atoms with Gasteiger partial charge in [-0.1, -0.05) is 12.1 Å². The second-order valence-corrected chi connectivity index (χ2v) is 8.09. The first-order chi connectivity index (χ1) is 10.0. The fourth-order valence-corrected chi connectivity index (χ4v) is 3.91. The molecule has 3 nitrogen and oxygen atoms in total. The van der Waals surface area contributed by atoms with Gasteiger partial charge in [0.25, 0.3) is 0 Å². The van der Waals surface area contributed by atoms with Crippen molar-refractivity contribution >= 4 is 21.6 Å². The van der Waals surface area contributed by atoms with E-state index in [0.717, 1.165) is 18.6 Å². The molecule has 4 heteroatoms. The smallest absolute Gasteiger partial charge is 0.108 e. The molecule has 1 aromatic heterocycles. The molecule has 2 heterocycles. The van der Waals surface area contributed by atoms with Gasteiger partial charge in [0.2, 0.25) is 0 Å². The first-order valence-electron chi connectivity index (χ1n) is 7.85. The molecule has 2 aromatic rings. The highest BCUT2D eigenvalue weighted by Crippen LogP contribution is 2.26. The van der Waals surface area contributed by atoms with Crippen LogP contribution < -0.4 is 5.32 Å². The van der Waals surface area contributed by atoms with Gasteiger partial charge in [0.1, 0.15) is 5.01 Å². The molecule has 0 aliphatic carbocycles. The van der Waals surface area contributed by atoms with Crippen molar-refractivity contribution in [1.82, 2.24) is 15.2 Å². The summed E-state index contributed by atoms with van der Waals surface area (Å²) in [5.41, 5.74) is 1.34. The normalized spacial score (nSPS) is 20.4. The zero-order chi connectivity index (χ0) is 14.9. The predicted molar refractivity (Wildman–Crippen MR) is 90.8 cm³/mol. The standard InChI is InChI=1S/C17H25N3S/c1-17(2,3)18-11-13-7-6-10-20(13)12-16-19-14-8-4-5-9-15(14)21-16/h4-5,8-9,13,18H,6-7,10-12H2,1-3H3. The van der Waals surface area contributed by atoms with E-state index in [1.165, 1.54) is 29.1 Å². The molecule has 1 aliphatic heterocycles. The van der Waals surface area contributed by atoms with Crippen LogP contribution in [-0.4, -0.2) is 34.6 Å². The molecule has 1 aromatic carbocycles. The Kier molecular flexibility index (Phi) is 4.29. The van der Waals surface area contributed by atoms with Crippen LogP contribution in [0.25, 0.3) is 10.2 Å². The minimum atomic E-state index is 0.199. The topological polar surface area (TPSA) is 28.2 Å². The monoisotopic (exact) mass is 303 g/mol. The number of aromatic nitrogens is 1. The van der Waals surface area contributed by atoms with Crippen LogP contribution in [0.15, 0.2) is 24.3 Å². The van der Waals surface area contributed by atoms with Gasteiger partial charge in [-0.25, -0.2) is 4.98 Å². The summed E-state index contributed by atoms with van der Waals surface area (Å²) in [6, 6.07) is 9.08. The molecule has 114 valence electrons. The van der Waals surface area contributed by atoms with Gasteiger partial charge >= 0.3 is 0 Å². The van der Waals surface area contributed by atoms with Crippen molar-refractivity contribution in [2.45, 2.75) is 51.7 Å². The summed E-state index contributed by atoms with van der Waals surface area (Å²) >= 11 is 1.84. The van der Waals surface area contributed by atoms with Gasteiger partial charge < -0.3 is 5.32 Å². The van der Waals surface area contributed by atoms with Crippen LogP contribution in [0.3, 0.4) is 0 Å². The lowest BCUT2D eigenvalue weighted by molar-refractivity contribution is 0.226. The van der Waals surface area contributed by atoms with Crippen molar-refractivity contribution in [3.8, 4) is 0 Å². The minimum absolute atomic E-state index is 0.199. The number of nitrogens with zero attached hydrogens (tertiary/aromatic N) is 2. The van der Waals surface area contributed by atoms with Crippen LogP contribution in [-0.2, 0) is 6.54 Å². The SMILES string of the molecule is CC(C)(C)NCC1CCCN1Cc1nc2ccccc2s1. The van der Waals surface area contributed by atoms with E-state index in [4.69, 9.17) is 4.98 Å². The molecule has 0 spiro atoms. The Morgan fingerprint density at radius 1 is 1.33 bits per heavy atom. The maximum Gasteiger partial charge on any atom is 0.108 e. The Labute approximate surface area is 131 Å². The second-order valence-electron chi connectivity index (χ2n) is 6.97. The highest BCUT2D eigenvalue weighted by molar-refractivity contribution is 7.18. The fourth-order valence-electron chi connectivity index (χ4n) is 2.92. The van der Waals surface area contributed by atoms with Gasteiger partial charge in [0, 0.05) is 18.1 Å². The zero-order valence-electron chi connectivity index (χ0n) is 13.2. The van der Waals surface area contributed by atoms with Gasteiger partial charge in [-0.2, -0.15) is 0 Å². The molecular formula is C17H25N3S. The van der Waals surface area contributed by atoms with Gasteiger partial charge in [-0.15, -0.1) is 11.3 Å².